The van der Waals surface area contributed by atoms with Crippen LogP contribution in [-0.2, 0) is 0 Å². The lowest BCUT2D eigenvalue weighted by molar-refractivity contribution is 1.11. The summed E-state index contributed by atoms with van der Waals surface area (Å²) in [5, 5.41) is 3.11. The summed E-state index contributed by atoms with van der Waals surface area (Å²) in [6, 6.07) is 19.3. The quantitative estimate of drug-likeness (QED) is 0.671. The second-order valence-electron chi connectivity index (χ2n) is 4.43. The monoisotopic (exact) mass is 389 g/mol. The Morgan fingerprint density at radius 1 is 0.952 bits per heavy atom. The van der Waals surface area contributed by atoms with E-state index in [0.29, 0.717) is 15.2 Å². The zero-order valence-electron chi connectivity index (χ0n) is 11.0. The van der Waals surface area contributed by atoms with Gasteiger partial charge >= 0.3 is 0 Å². The molecule has 0 saturated carbocycles. The molecule has 1 heterocycles. The van der Waals surface area contributed by atoms with Crippen LogP contribution in [0.2, 0.25) is 0 Å². The number of benzene rings is 2. The summed E-state index contributed by atoms with van der Waals surface area (Å²) in [6.07, 6.45) is 0. The number of rotatable bonds is 3. The number of hydrogen-bond acceptors (Lipinski definition) is 3. The van der Waals surface area contributed by atoms with Gasteiger partial charge in [0.05, 0.1) is 5.69 Å². The first kappa shape index (κ1) is 13.8. The number of H-pyrrole nitrogens is 1. The largest absolute Gasteiger partial charge is 0.326 e. The predicted octanol–water partition coefficient (Wildman–Crippen LogP) is 3.79. The van der Waals surface area contributed by atoms with Crippen LogP contribution >= 0.6 is 22.6 Å². The lowest BCUT2D eigenvalue weighted by Gasteiger charge is -2.08. The fraction of sp³-hybridized carbons (Fsp3) is 0. The van der Waals surface area contributed by atoms with Gasteiger partial charge in [0.2, 0.25) is 5.95 Å². The molecule has 21 heavy (non-hydrogen) atoms. The van der Waals surface area contributed by atoms with Crippen molar-refractivity contribution in [3.05, 3.63) is 74.6 Å². The Bertz CT molecular complexity index is 801. The van der Waals surface area contributed by atoms with Gasteiger partial charge in [-0.25, -0.2) is 4.98 Å². The molecule has 0 bridgehead atoms. The van der Waals surface area contributed by atoms with Crippen molar-refractivity contribution in [2.75, 3.05) is 5.32 Å². The molecule has 0 radical (unpaired) electrons. The molecule has 0 spiro atoms. The van der Waals surface area contributed by atoms with Crippen molar-refractivity contribution < 1.29 is 0 Å². The molecule has 2 aromatic carbocycles. The number of nitrogens with one attached hydrogen (secondary N) is 2. The third-order valence-corrected chi connectivity index (χ3v) is 3.95. The van der Waals surface area contributed by atoms with Crippen molar-refractivity contribution in [3.8, 4) is 11.3 Å². The molecule has 1 aromatic heterocycles. The number of aromatic amines is 1. The van der Waals surface area contributed by atoms with Gasteiger partial charge in [0, 0.05) is 11.3 Å². The molecule has 0 fully saturated rings. The van der Waals surface area contributed by atoms with Crippen molar-refractivity contribution in [3.63, 3.8) is 0 Å². The van der Waals surface area contributed by atoms with Gasteiger partial charge in [-0.15, -0.1) is 0 Å². The van der Waals surface area contributed by atoms with E-state index in [0.717, 1.165) is 11.3 Å². The third kappa shape index (κ3) is 3.13. The Morgan fingerprint density at radius 3 is 2.24 bits per heavy atom. The molecule has 0 aliphatic carbocycles. The number of para-hydroxylation sites is 1. The van der Waals surface area contributed by atoms with E-state index in [-0.39, 0.29) is 5.56 Å². The van der Waals surface area contributed by atoms with Crippen molar-refractivity contribution in [2.45, 2.75) is 0 Å². The Balaban J connectivity index is 2.04. The molecule has 3 aromatic rings. The van der Waals surface area contributed by atoms with Gasteiger partial charge in [-0.1, -0.05) is 48.5 Å². The highest BCUT2D eigenvalue weighted by atomic mass is 127. The normalized spacial score (nSPS) is 10.3. The molecule has 0 aliphatic heterocycles. The molecular formula is C16H12IN3O. The Kier molecular flexibility index (Phi) is 4.01. The van der Waals surface area contributed by atoms with Gasteiger partial charge in [-0.2, -0.15) is 0 Å². The molecule has 0 atom stereocenters. The van der Waals surface area contributed by atoms with Crippen LogP contribution in [0.5, 0.6) is 0 Å². The molecule has 4 nitrogen and oxygen atoms in total. The molecule has 5 heteroatoms. The van der Waals surface area contributed by atoms with E-state index >= 15 is 0 Å². The highest BCUT2D eigenvalue weighted by Crippen LogP contribution is 2.22. The van der Waals surface area contributed by atoms with Crippen molar-refractivity contribution >= 4 is 34.2 Å². The second kappa shape index (κ2) is 6.09. The summed E-state index contributed by atoms with van der Waals surface area (Å²) >= 11 is 2.02. The summed E-state index contributed by atoms with van der Waals surface area (Å²) < 4.78 is 0.581. The zero-order valence-corrected chi connectivity index (χ0v) is 13.2. The molecule has 0 saturated heterocycles. The highest BCUT2D eigenvalue weighted by molar-refractivity contribution is 14.1. The highest BCUT2D eigenvalue weighted by Gasteiger charge is 2.10. The summed E-state index contributed by atoms with van der Waals surface area (Å²) in [4.78, 5) is 19.4. The molecular weight excluding hydrogens is 377 g/mol. The third-order valence-electron chi connectivity index (χ3n) is 2.95. The maximum absolute atomic E-state index is 12.1. The molecule has 104 valence electrons. The minimum absolute atomic E-state index is 0.150. The number of anilines is 2. The number of halogens is 1. The van der Waals surface area contributed by atoms with E-state index in [1.807, 2.05) is 83.3 Å². The lowest BCUT2D eigenvalue weighted by Crippen LogP contribution is -2.15. The Hall–Kier alpha value is -2.15. The van der Waals surface area contributed by atoms with Gasteiger partial charge < -0.3 is 5.32 Å². The smallest absolute Gasteiger partial charge is 0.266 e. The first-order chi connectivity index (χ1) is 10.2. The van der Waals surface area contributed by atoms with E-state index in [4.69, 9.17) is 0 Å². The van der Waals surface area contributed by atoms with Gasteiger partial charge in [-0.3, -0.25) is 9.78 Å². The molecule has 3 rings (SSSR count). The fourth-order valence-corrected chi connectivity index (χ4v) is 2.53. The summed E-state index contributed by atoms with van der Waals surface area (Å²) in [5.74, 6) is 0.436. The van der Waals surface area contributed by atoms with Gasteiger partial charge in [0.25, 0.3) is 5.56 Å². The lowest BCUT2D eigenvalue weighted by atomic mass is 10.1. The number of nitrogens with zero attached hydrogens (tertiary/aromatic N) is 1. The van der Waals surface area contributed by atoms with E-state index in [9.17, 15) is 4.79 Å². The van der Waals surface area contributed by atoms with Crippen LogP contribution in [0.3, 0.4) is 0 Å². The van der Waals surface area contributed by atoms with Gasteiger partial charge in [-0.05, 0) is 34.7 Å². The number of hydrogen-bond donors (Lipinski definition) is 2. The predicted molar refractivity (Wildman–Crippen MR) is 92.7 cm³/mol. The first-order valence-electron chi connectivity index (χ1n) is 6.41. The van der Waals surface area contributed by atoms with Crippen molar-refractivity contribution in [1.82, 2.24) is 9.97 Å². The van der Waals surface area contributed by atoms with Gasteiger partial charge in [0.15, 0.2) is 0 Å². The fourth-order valence-electron chi connectivity index (χ4n) is 1.96. The Morgan fingerprint density at radius 2 is 1.57 bits per heavy atom. The summed E-state index contributed by atoms with van der Waals surface area (Å²) in [6.45, 7) is 0. The summed E-state index contributed by atoms with van der Waals surface area (Å²) in [7, 11) is 0. The standard InChI is InChI=1S/C16H12IN3O/c17-13-14(11-7-3-1-4-8-11)19-16(20-15(13)21)18-12-9-5-2-6-10-12/h1-10H,(H2,18,19,20,21). The van der Waals surface area contributed by atoms with Gasteiger partial charge in [0.1, 0.15) is 3.57 Å². The SMILES string of the molecule is O=c1[nH]c(Nc2ccccc2)nc(-c2ccccc2)c1I. The Labute approximate surface area is 135 Å². The molecule has 0 aliphatic rings. The van der Waals surface area contributed by atoms with Crippen molar-refractivity contribution in [1.29, 1.82) is 0 Å². The van der Waals surface area contributed by atoms with E-state index in [1.54, 1.807) is 0 Å². The maximum Gasteiger partial charge on any atom is 0.266 e. The van der Waals surface area contributed by atoms with Crippen LogP contribution in [0.1, 0.15) is 0 Å². The maximum atomic E-state index is 12.1. The molecule has 2 N–H and O–H groups in total. The van der Waals surface area contributed by atoms with E-state index in [2.05, 4.69) is 15.3 Å². The van der Waals surface area contributed by atoms with Crippen LogP contribution in [0.25, 0.3) is 11.3 Å². The van der Waals surface area contributed by atoms with Crippen LogP contribution < -0.4 is 10.9 Å². The number of aromatic nitrogens is 2. The first-order valence-corrected chi connectivity index (χ1v) is 7.49. The molecule has 0 amide bonds. The summed E-state index contributed by atoms with van der Waals surface area (Å²) in [5.41, 5.74) is 2.33. The van der Waals surface area contributed by atoms with Crippen LogP contribution in [0.15, 0.2) is 65.5 Å². The second-order valence-corrected chi connectivity index (χ2v) is 5.51. The average molecular weight is 389 g/mol. The topological polar surface area (TPSA) is 57.8 Å². The van der Waals surface area contributed by atoms with Crippen LogP contribution in [0.4, 0.5) is 11.6 Å². The average Bonchev–Trinajstić information content (AvgIpc) is 2.52. The van der Waals surface area contributed by atoms with Crippen LogP contribution in [0, 0.1) is 3.57 Å². The minimum Gasteiger partial charge on any atom is -0.326 e. The van der Waals surface area contributed by atoms with E-state index in [1.165, 1.54) is 0 Å². The zero-order chi connectivity index (χ0) is 14.7. The molecule has 0 unspecified atom stereocenters. The van der Waals surface area contributed by atoms with Crippen molar-refractivity contribution in [2.24, 2.45) is 0 Å². The minimum atomic E-state index is -0.150. The van der Waals surface area contributed by atoms with Crippen LogP contribution in [-0.4, -0.2) is 9.97 Å². The van der Waals surface area contributed by atoms with E-state index < -0.39 is 0 Å².